The van der Waals surface area contributed by atoms with Crippen molar-refractivity contribution in [2.45, 2.75) is 109 Å². The normalized spacial score (nSPS) is 49.1. The van der Waals surface area contributed by atoms with Crippen molar-refractivity contribution in [2.24, 2.45) is 34.5 Å². The average Bonchev–Trinajstić information content (AvgIpc) is 3.16. The summed E-state index contributed by atoms with van der Waals surface area (Å²) >= 11 is 0. The summed E-state index contributed by atoms with van der Waals surface area (Å²) in [6.45, 7) is 13.0. The first-order valence-corrected chi connectivity index (χ1v) is 16.2. The fourth-order valence-corrected chi connectivity index (χ4v) is 10.9. The van der Waals surface area contributed by atoms with E-state index in [1.165, 1.54) is 25.7 Å². The van der Waals surface area contributed by atoms with Gasteiger partial charge in [0, 0.05) is 50.6 Å². The number of hydrogen-bond donors (Lipinski definition) is 2. The fraction of sp³-hybridized carbons (Fsp3) is 0.969. The number of likely N-dealkylation sites (N-methyl/N-ethyl adjacent to an activating group) is 1. The third-order valence-electron chi connectivity index (χ3n) is 13.3. The van der Waals surface area contributed by atoms with Crippen molar-refractivity contribution in [3.8, 4) is 0 Å². The second-order valence-corrected chi connectivity index (χ2v) is 15.8. The van der Waals surface area contributed by atoms with E-state index in [9.17, 15) is 15.0 Å². The van der Waals surface area contributed by atoms with Crippen LogP contribution in [0.4, 0.5) is 0 Å². The number of esters is 1. The summed E-state index contributed by atoms with van der Waals surface area (Å²) in [5.41, 5.74) is 0.310. The van der Waals surface area contributed by atoms with Crippen molar-refractivity contribution in [3.05, 3.63) is 0 Å². The molecule has 0 aromatic heterocycles. The number of nitrogens with zero attached hydrogens (tertiary/aromatic N) is 3. The second kappa shape index (κ2) is 10.2. The molecule has 2 N–H and O–H groups in total. The number of hydrogen-bond acceptors (Lipinski definition) is 6. The summed E-state index contributed by atoms with van der Waals surface area (Å²) in [6, 6.07) is 0.569. The number of carbonyl (C=O) groups is 1. The zero-order valence-electron chi connectivity index (χ0n) is 25.4. The second-order valence-electron chi connectivity index (χ2n) is 15.8. The van der Waals surface area contributed by atoms with Crippen LogP contribution in [-0.4, -0.2) is 114 Å². The van der Waals surface area contributed by atoms with Gasteiger partial charge in [-0.05, 0) is 86.9 Å². The number of carbonyl (C=O) groups excluding carboxylic acids is 1. The molecule has 3 unspecified atom stereocenters. The van der Waals surface area contributed by atoms with Gasteiger partial charge in [-0.1, -0.05) is 13.8 Å². The fourth-order valence-electron chi connectivity index (χ4n) is 10.9. The van der Waals surface area contributed by atoms with Crippen LogP contribution in [0.25, 0.3) is 0 Å². The van der Waals surface area contributed by atoms with Crippen LogP contribution in [0.3, 0.4) is 0 Å². The molecule has 0 radical (unpaired) electrons. The predicted octanol–water partition coefficient (Wildman–Crippen LogP) is 3.13. The van der Waals surface area contributed by atoms with E-state index in [0.717, 1.165) is 75.9 Å². The van der Waals surface area contributed by atoms with Crippen LogP contribution in [0.15, 0.2) is 0 Å². The number of ether oxygens (including phenoxy) is 1. The molecular formula is C32H56N3O4+. The van der Waals surface area contributed by atoms with Gasteiger partial charge in [0.15, 0.2) is 0 Å². The van der Waals surface area contributed by atoms with Crippen LogP contribution in [0.5, 0.6) is 0 Å². The molecule has 4 saturated carbocycles. The van der Waals surface area contributed by atoms with E-state index in [0.29, 0.717) is 29.7 Å². The highest BCUT2D eigenvalue weighted by Crippen LogP contribution is 2.67. The average molecular weight is 547 g/mol. The molecule has 4 aliphatic carbocycles. The molecule has 6 fully saturated rings. The molecule has 39 heavy (non-hydrogen) atoms. The molecule has 7 nitrogen and oxygen atoms in total. The molecule has 2 heterocycles. The van der Waals surface area contributed by atoms with Gasteiger partial charge in [0.1, 0.15) is 6.10 Å². The smallest absolute Gasteiger partial charge is 0.302 e. The highest BCUT2D eigenvalue weighted by Gasteiger charge is 2.65. The van der Waals surface area contributed by atoms with Crippen LogP contribution in [-0.2, 0) is 9.53 Å². The first-order chi connectivity index (χ1) is 18.4. The van der Waals surface area contributed by atoms with Crippen LogP contribution in [0.2, 0.25) is 0 Å². The minimum atomic E-state index is -0.241. The number of rotatable bonds is 3. The Morgan fingerprint density at radius 3 is 2.18 bits per heavy atom. The standard InChI is InChI=1S/C32H56N3O4/c1-21(36)39-30-27(34-14-16-35(4,5)17-15-34)19-26-24-7-6-22-18-29(38)28(33-12-9-23(37)10-13-33)20-32(22,3)25(24)8-11-31(26,30)2/h22-30,37-38H,6-20H2,1-5H3/q+1/t22-,24?,25?,26?,27-,28-,29-,30-,31-,32-/m0/s1. The molecule has 6 aliphatic rings. The molecule has 222 valence electrons. The highest BCUT2D eigenvalue weighted by molar-refractivity contribution is 5.66. The molecule has 7 heteroatoms. The SMILES string of the molecule is CC(=O)O[C@H]1[C@@H](N2CC[N+](C)(C)CC2)CC2C3CC[C@H]4C[C@H](O)[C@@H](N5CCC(O)CC5)C[C@]4(C)C3CC[C@@]21C. The number of piperidine rings is 1. The van der Waals surface area contributed by atoms with Gasteiger partial charge in [-0.25, -0.2) is 0 Å². The number of fused-ring (bicyclic) bond motifs is 5. The Bertz CT molecular complexity index is 911. The Kier molecular flexibility index (Phi) is 7.44. The van der Waals surface area contributed by atoms with Crippen molar-refractivity contribution in [1.29, 1.82) is 0 Å². The topological polar surface area (TPSA) is 73.2 Å². The van der Waals surface area contributed by atoms with Gasteiger partial charge >= 0.3 is 5.97 Å². The predicted molar refractivity (Wildman–Crippen MR) is 152 cm³/mol. The molecular weight excluding hydrogens is 490 g/mol. The van der Waals surface area contributed by atoms with Gasteiger partial charge in [-0.3, -0.25) is 14.6 Å². The van der Waals surface area contributed by atoms with E-state index in [1.54, 1.807) is 6.92 Å². The quantitative estimate of drug-likeness (QED) is 0.419. The molecule has 10 atom stereocenters. The minimum absolute atomic E-state index is 0.000829. The highest BCUT2D eigenvalue weighted by atomic mass is 16.5. The first kappa shape index (κ1) is 28.4. The molecule has 6 rings (SSSR count). The summed E-state index contributed by atoms with van der Waals surface area (Å²) in [5, 5.41) is 21.4. The van der Waals surface area contributed by atoms with E-state index in [2.05, 4.69) is 37.7 Å². The van der Waals surface area contributed by atoms with Gasteiger partial charge in [0.25, 0.3) is 0 Å². The zero-order valence-corrected chi connectivity index (χ0v) is 25.4. The van der Waals surface area contributed by atoms with E-state index >= 15 is 0 Å². The van der Waals surface area contributed by atoms with Crippen LogP contribution in [0.1, 0.15) is 78.6 Å². The lowest BCUT2D eigenvalue weighted by molar-refractivity contribution is -0.894. The Morgan fingerprint density at radius 2 is 1.51 bits per heavy atom. The van der Waals surface area contributed by atoms with Crippen molar-refractivity contribution in [1.82, 2.24) is 9.80 Å². The Balaban J connectivity index is 1.24. The molecule has 0 bridgehead atoms. The molecule has 0 amide bonds. The number of aliphatic hydroxyl groups is 2. The van der Waals surface area contributed by atoms with E-state index in [1.807, 2.05) is 0 Å². The third kappa shape index (κ3) is 4.90. The maximum absolute atomic E-state index is 12.4. The van der Waals surface area contributed by atoms with Crippen LogP contribution < -0.4 is 0 Å². The summed E-state index contributed by atoms with van der Waals surface area (Å²) < 4.78 is 7.37. The summed E-state index contributed by atoms with van der Waals surface area (Å²) in [7, 11) is 4.67. The Labute approximate surface area is 236 Å². The third-order valence-corrected chi connectivity index (χ3v) is 13.3. The van der Waals surface area contributed by atoms with Gasteiger partial charge in [-0.2, -0.15) is 0 Å². The van der Waals surface area contributed by atoms with E-state index in [4.69, 9.17) is 4.74 Å². The number of piperazine rings is 1. The van der Waals surface area contributed by atoms with E-state index < -0.39 is 0 Å². The van der Waals surface area contributed by atoms with Gasteiger partial charge in [0.05, 0.1) is 39.4 Å². The summed E-state index contributed by atoms with van der Waals surface area (Å²) in [4.78, 5) is 17.6. The summed E-state index contributed by atoms with van der Waals surface area (Å²) in [5.74, 6) is 2.46. The van der Waals surface area contributed by atoms with Gasteiger partial charge in [-0.15, -0.1) is 0 Å². The summed E-state index contributed by atoms with van der Waals surface area (Å²) in [6.07, 6.45) is 9.31. The Hall–Kier alpha value is -0.730. The monoisotopic (exact) mass is 546 g/mol. The lowest BCUT2D eigenvalue weighted by Gasteiger charge is -2.62. The van der Waals surface area contributed by atoms with Crippen LogP contribution in [0, 0.1) is 34.5 Å². The van der Waals surface area contributed by atoms with Crippen molar-refractivity contribution in [2.75, 3.05) is 53.4 Å². The number of quaternary nitrogens is 1. The molecule has 0 aromatic rings. The molecule has 2 saturated heterocycles. The lowest BCUT2D eigenvalue weighted by atomic mass is 9.44. The van der Waals surface area contributed by atoms with E-state index in [-0.39, 0.29) is 41.2 Å². The Morgan fingerprint density at radius 1 is 0.846 bits per heavy atom. The minimum Gasteiger partial charge on any atom is -0.460 e. The maximum Gasteiger partial charge on any atom is 0.302 e. The molecule has 2 aliphatic heterocycles. The largest absolute Gasteiger partial charge is 0.460 e. The maximum atomic E-state index is 12.4. The first-order valence-electron chi connectivity index (χ1n) is 16.2. The number of aliphatic hydroxyl groups excluding tert-OH is 2. The molecule has 0 spiro atoms. The van der Waals surface area contributed by atoms with Crippen molar-refractivity contribution >= 4 is 5.97 Å². The molecule has 0 aromatic carbocycles. The van der Waals surface area contributed by atoms with Crippen molar-refractivity contribution < 1.29 is 24.2 Å². The van der Waals surface area contributed by atoms with Crippen molar-refractivity contribution in [3.63, 3.8) is 0 Å². The van der Waals surface area contributed by atoms with Gasteiger partial charge in [0.2, 0.25) is 0 Å². The van der Waals surface area contributed by atoms with Crippen LogP contribution >= 0.6 is 0 Å². The number of likely N-dealkylation sites (tertiary alicyclic amines) is 1. The lowest BCUT2D eigenvalue weighted by Crippen LogP contribution is -2.61. The zero-order chi connectivity index (χ0) is 27.7. The van der Waals surface area contributed by atoms with Gasteiger partial charge < -0.3 is 19.4 Å².